The number of carbonyl (C=O) groups excluding carboxylic acids is 2. The van der Waals surface area contributed by atoms with E-state index >= 15 is 0 Å². The van der Waals surface area contributed by atoms with Crippen LogP contribution in [0, 0.1) is 12.8 Å². The average Bonchev–Trinajstić information content (AvgIpc) is 2.97. The monoisotopic (exact) mass is 461 g/mol. The van der Waals surface area contributed by atoms with Gasteiger partial charge in [-0.15, -0.1) is 48.6 Å². The van der Waals surface area contributed by atoms with Crippen molar-refractivity contribution in [1.82, 2.24) is 20.1 Å². The Morgan fingerprint density at radius 3 is 2.30 bits per heavy atom. The zero-order valence-corrected chi connectivity index (χ0v) is 19.1. The molecule has 2 heterocycles. The second kappa shape index (κ2) is 13.5. The summed E-state index contributed by atoms with van der Waals surface area (Å²) in [6.07, 6.45) is 0. The summed E-state index contributed by atoms with van der Waals surface area (Å²) in [7, 11) is 0. The lowest BCUT2D eigenvalue weighted by Crippen LogP contribution is -2.52. The van der Waals surface area contributed by atoms with E-state index in [0.717, 1.165) is 30.3 Å². The largest absolute Gasteiger partial charge is 0.346 e. The molecule has 1 aliphatic rings. The number of nitrogens with zero attached hydrogens (tertiary/aromatic N) is 3. The van der Waals surface area contributed by atoms with Crippen LogP contribution in [-0.2, 0) is 16.1 Å². The van der Waals surface area contributed by atoms with Gasteiger partial charge in [0.05, 0.1) is 23.3 Å². The van der Waals surface area contributed by atoms with Crippen LogP contribution in [0.25, 0.3) is 0 Å². The smallest absolute Gasteiger partial charge is 0.242 e. The van der Waals surface area contributed by atoms with E-state index in [0.29, 0.717) is 13.1 Å². The zero-order chi connectivity index (χ0) is 17.7. The predicted molar refractivity (Wildman–Crippen MR) is 116 cm³/mol. The van der Waals surface area contributed by atoms with Gasteiger partial charge in [0.2, 0.25) is 11.8 Å². The van der Waals surface area contributed by atoms with Crippen molar-refractivity contribution >= 4 is 60.4 Å². The summed E-state index contributed by atoms with van der Waals surface area (Å²) in [5.41, 5.74) is 6.86. The number of carbonyl (C=O) groups is 2. The average molecular weight is 463 g/mol. The van der Waals surface area contributed by atoms with Gasteiger partial charge in [0, 0.05) is 38.1 Å². The van der Waals surface area contributed by atoms with Crippen LogP contribution in [-0.4, -0.2) is 65.4 Å². The summed E-state index contributed by atoms with van der Waals surface area (Å²) in [4.78, 5) is 32.6. The van der Waals surface area contributed by atoms with Crippen LogP contribution in [0.3, 0.4) is 0 Å². The molecule has 0 saturated carbocycles. The first-order valence-corrected chi connectivity index (χ1v) is 9.19. The fourth-order valence-corrected chi connectivity index (χ4v) is 3.16. The van der Waals surface area contributed by atoms with Gasteiger partial charge < -0.3 is 16.0 Å². The molecule has 0 spiro atoms. The molecule has 158 valence electrons. The third-order valence-electron chi connectivity index (χ3n) is 4.21. The van der Waals surface area contributed by atoms with Gasteiger partial charge in [-0.05, 0) is 12.8 Å². The van der Waals surface area contributed by atoms with Crippen LogP contribution in [0.1, 0.15) is 24.5 Å². The lowest BCUT2D eigenvalue weighted by Gasteiger charge is -2.34. The number of hydrogen-bond acceptors (Lipinski definition) is 6. The summed E-state index contributed by atoms with van der Waals surface area (Å²) in [6, 6.07) is -0.573. The molecule has 1 aromatic rings. The molecule has 3 N–H and O–H groups in total. The van der Waals surface area contributed by atoms with Crippen LogP contribution in [0.15, 0.2) is 5.38 Å². The van der Waals surface area contributed by atoms with E-state index in [1.54, 1.807) is 16.2 Å². The molecule has 2 rings (SSSR count). The van der Waals surface area contributed by atoms with E-state index in [-0.39, 0.29) is 61.5 Å². The highest BCUT2D eigenvalue weighted by molar-refractivity contribution is 7.09. The van der Waals surface area contributed by atoms with Crippen molar-refractivity contribution in [3.05, 3.63) is 16.1 Å². The molecule has 1 aromatic heterocycles. The molecule has 27 heavy (non-hydrogen) atoms. The molecule has 1 saturated heterocycles. The van der Waals surface area contributed by atoms with Gasteiger partial charge in [-0.1, -0.05) is 13.8 Å². The highest BCUT2D eigenvalue weighted by Crippen LogP contribution is 2.12. The number of amides is 2. The van der Waals surface area contributed by atoms with Crippen LogP contribution in [0.4, 0.5) is 0 Å². The third-order valence-corrected chi connectivity index (χ3v) is 5.03. The molecule has 11 heteroatoms. The number of thiazole rings is 1. The molecule has 7 nitrogen and oxygen atoms in total. The minimum Gasteiger partial charge on any atom is -0.346 e. The second-order valence-corrected chi connectivity index (χ2v) is 7.56. The Kier molecular flexibility index (Phi) is 14.3. The van der Waals surface area contributed by atoms with Crippen molar-refractivity contribution < 1.29 is 9.59 Å². The highest BCUT2D eigenvalue weighted by atomic mass is 35.5. The second-order valence-electron chi connectivity index (χ2n) is 6.50. The Morgan fingerprint density at radius 1 is 1.22 bits per heavy atom. The molecule has 1 atom stereocenters. The van der Waals surface area contributed by atoms with Crippen molar-refractivity contribution in [3.8, 4) is 0 Å². The van der Waals surface area contributed by atoms with Crippen molar-refractivity contribution in [2.24, 2.45) is 11.7 Å². The molecule has 0 aliphatic carbocycles. The number of rotatable bonds is 6. The Hall–Kier alpha value is -0.640. The topological polar surface area (TPSA) is 91.6 Å². The first kappa shape index (κ1) is 28.6. The van der Waals surface area contributed by atoms with E-state index < -0.39 is 6.04 Å². The molecule has 0 bridgehead atoms. The molecule has 1 fully saturated rings. The van der Waals surface area contributed by atoms with Gasteiger partial charge >= 0.3 is 0 Å². The van der Waals surface area contributed by atoms with Crippen LogP contribution < -0.4 is 11.1 Å². The summed E-state index contributed by atoms with van der Waals surface area (Å²) >= 11 is 1.66. The number of nitrogens with one attached hydrogen (secondary N) is 1. The lowest BCUT2D eigenvalue weighted by atomic mass is 10.1. The van der Waals surface area contributed by atoms with Gasteiger partial charge in [-0.3, -0.25) is 14.5 Å². The maximum Gasteiger partial charge on any atom is 0.242 e. The number of hydrogen-bond donors (Lipinski definition) is 2. The first-order valence-electron chi connectivity index (χ1n) is 8.31. The Balaban J connectivity index is 0. The first-order chi connectivity index (χ1) is 11.4. The lowest BCUT2D eigenvalue weighted by molar-refractivity contribution is -0.134. The van der Waals surface area contributed by atoms with Gasteiger partial charge in [0.1, 0.15) is 0 Å². The van der Waals surface area contributed by atoms with Crippen molar-refractivity contribution in [1.29, 1.82) is 0 Å². The Bertz CT molecular complexity index is 580. The molecular formula is C16H30Cl3N5O2S. The Morgan fingerprint density at radius 2 is 1.81 bits per heavy atom. The minimum atomic E-state index is -0.573. The number of piperazine rings is 1. The maximum atomic E-state index is 12.2. The van der Waals surface area contributed by atoms with Crippen LogP contribution >= 0.6 is 48.6 Å². The van der Waals surface area contributed by atoms with Crippen LogP contribution in [0.5, 0.6) is 0 Å². The van der Waals surface area contributed by atoms with E-state index in [2.05, 4.69) is 20.6 Å². The number of aryl methyl sites for hydroxylation is 1. The summed E-state index contributed by atoms with van der Waals surface area (Å²) in [6.45, 7) is 9.61. The van der Waals surface area contributed by atoms with Gasteiger partial charge in [0.15, 0.2) is 0 Å². The summed E-state index contributed by atoms with van der Waals surface area (Å²) in [5.74, 6) is -0.266. The highest BCUT2D eigenvalue weighted by Gasteiger charge is 2.23. The number of nitrogens with two attached hydrogens (primary N) is 1. The van der Waals surface area contributed by atoms with Gasteiger partial charge in [-0.2, -0.15) is 0 Å². The van der Waals surface area contributed by atoms with Crippen molar-refractivity contribution in [2.75, 3.05) is 32.7 Å². The van der Waals surface area contributed by atoms with E-state index in [1.165, 1.54) is 0 Å². The predicted octanol–water partition coefficient (Wildman–Crippen LogP) is 1.46. The molecule has 2 amide bonds. The van der Waals surface area contributed by atoms with E-state index in [9.17, 15) is 9.59 Å². The molecule has 0 aromatic carbocycles. The molecular weight excluding hydrogens is 433 g/mol. The maximum absolute atomic E-state index is 12.2. The van der Waals surface area contributed by atoms with Crippen LogP contribution in [0.2, 0.25) is 0 Å². The van der Waals surface area contributed by atoms with Crippen molar-refractivity contribution in [3.63, 3.8) is 0 Å². The number of aromatic nitrogens is 1. The standard InChI is InChI=1S/C16H27N5O2S.3ClH/c1-11(2)15(17)16(23)18-8-14(22)21-6-4-20(5-7-21)9-13-10-24-12(3)19-13;;;/h10-11,15H,4-9,17H2,1-3H3,(H,18,23);3*1H/t15-;;;/m0.../s1. The summed E-state index contributed by atoms with van der Waals surface area (Å²) in [5, 5.41) is 5.80. The molecule has 0 unspecified atom stereocenters. The summed E-state index contributed by atoms with van der Waals surface area (Å²) < 4.78 is 0. The van der Waals surface area contributed by atoms with Crippen molar-refractivity contribution in [2.45, 2.75) is 33.4 Å². The fraction of sp³-hybridized carbons (Fsp3) is 0.688. The Labute approximate surface area is 183 Å². The normalized spacial score (nSPS) is 15.2. The fourth-order valence-electron chi connectivity index (χ4n) is 2.56. The quantitative estimate of drug-likeness (QED) is 0.668. The third kappa shape index (κ3) is 8.93. The molecule has 0 radical (unpaired) electrons. The van der Waals surface area contributed by atoms with Gasteiger partial charge in [-0.25, -0.2) is 4.98 Å². The zero-order valence-electron chi connectivity index (χ0n) is 15.8. The molecule has 1 aliphatic heterocycles. The van der Waals surface area contributed by atoms with E-state index in [1.807, 2.05) is 20.8 Å². The van der Waals surface area contributed by atoms with E-state index in [4.69, 9.17) is 5.73 Å². The SMILES string of the molecule is Cc1nc(CN2CCN(C(=O)CNC(=O)[C@@H](N)C(C)C)CC2)cs1.Cl.Cl.Cl. The minimum absolute atomic E-state index is 0. The number of halogens is 3. The van der Waals surface area contributed by atoms with Gasteiger partial charge in [0.25, 0.3) is 0 Å².